The molecule has 0 radical (unpaired) electrons. The number of amides is 2. The van der Waals surface area contributed by atoms with Crippen LogP contribution < -0.4 is 10.6 Å². The molecule has 0 spiro atoms. The van der Waals surface area contributed by atoms with Crippen molar-refractivity contribution >= 4 is 11.8 Å². The molecule has 0 bridgehead atoms. The van der Waals surface area contributed by atoms with Crippen molar-refractivity contribution in [3.8, 4) is 11.3 Å². The molecule has 6 nitrogen and oxygen atoms in total. The zero-order valence-electron chi connectivity index (χ0n) is 16.5. The first-order valence-electron chi connectivity index (χ1n) is 10.3. The number of hydrogen-bond donors (Lipinski definition) is 2. The minimum absolute atomic E-state index is 0.190. The lowest BCUT2D eigenvalue weighted by atomic mass is 9.95. The van der Waals surface area contributed by atoms with E-state index < -0.39 is 5.82 Å². The van der Waals surface area contributed by atoms with E-state index in [-0.39, 0.29) is 35.2 Å². The fraction of sp³-hybridized carbons (Fsp3) is 0.455. The van der Waals surface area contributed by atoms with E-state index in [1.54, 1.807) is 25.1 Å². The Labute approximate surface area is 169 Å². The second-order valence-corrected chi connectivity index (χ2v) is 7.99. The first kappa shape index (κ1) is 19.5. The van der Waals surface area contributed by atoms with Crippen LogP contribution in [0.15, 0.2) is 24.3 Å². The molecule has 152 valence electrons. The van der Waals surface area contributed by atoms with Crippen molar-refractivity contribution in [3.05, 3.63) is 46.9 Å². The monoisotopic (exact) mass is 396 g/mol. The number of carbonyl (C=O) groups excluding carboxylic acids is 2. The van der Waals surface area contributed by atoms with Crippen LogP contribution in [0.4, 0.5) is 4.39 Å². The van der Waals surface area contributed by atoms with E-state index in [4.69, 9.17) is 0 Å². The molecule has 1 aromatic heterocycles. The van der Waals surface area contributed by atoms with Gasteiger partial charge in [-0.3, -0.25) is 9.59 Å². The summed E-state index contributed by atoms with van der Waals surface area (Å²) in [5.41, 5.74) is 1.81. The van der Waals surface area contributed by atoms with Crippen molar-refractivity contribution < 1.29 is 14.0 Å². The molecule has 0 atom stereocenters. The van der Waals surface area contributed by atoms with E-state index in [2.05, 4.69) is 20.8 Å². The van der Waals surface area contributed by atoms with Crippen LogP contribution in [-0.4, -0.2) is 34.1 Å². The minimum Gasteiger partial charge on any atom is -0.349 e. The van der Waals surface area contributed by atoms with Gasteiger partial charge in [0.05, 0.1) is 5.69 Å². The van der Waals surface area contributed by atoms with Crippen molar-refractivity contribution in [2.45, 2.75) is 64.0 Å². The number of nitrogens with zero attached hydrogens (tertiary/aromatic N) is 2. The summed E-state index contributed by atoms with van der Waals surface area (Å²) in [7, 11) is 0. The van der Waals surface area contributed by atoms with Gasteiger partial charge < -0.3 is 10.6 Å². The molecule has 2 fully saturated rings. The van der Waals surface area contributed by atoms with Crippen molar-refractivity contribution in [1.29, 1.82) is 0 Å². The second kappa shape index (κ2) is 8.27. The molecule has 2 saturated carbocycles. The molecule has 7 heteroatoms. The molecule has 2 N–H and O–H groups in total. The van der Waals surface area contributed by atoms with Gasteiger partial charge in [-0.1, -0.05) is 19.3 Å². The summed E-state index contributed by atoms with van der Waals surface area (Å²) in [4.78, 5) is 24.7. The number of aromatic nitrogens is 2. The summed E-state index contributed by atoms with van der Waals surface area (Å²) in [6, 6.07) is 6.49. The Balaban J connectivity index is 1.52. The summed E-state index contributed by atoms with van der Waals surface area (Å²) in [6.07, 6.45) is 7.38. The molecule has 0 saturated heterocycles. The molecule has 1 heterocycles. The first-order valence-corrected chi connectivity index (χ1v) is 10.3. The molecule has 1 aromatic carbocycles. The molecule has 2 aromatic rings. The normalized spacial score (nSPS) is 17.0. The Morgan fingerprint density at radius 3 is 2.28 bits per heavy atom. The topological polar surface area (TPSA) is 84.0 Å². The van der Waals surface area contributed by atoms with E-state index in [1.807, 2.05) is 0 Å². The van der Waals surface area contributed by atoms with Gasteiger partial charge in [0, 0.05) is 23.2 Å². The van der Waals surface area contributed by atoms with Crippen molar-refractivity contribution in [3.63, 3.8) is 0 Å². The molecular formula is C22H25FN4O2. The van der Waals surface area contributed by atoms with Gasteiger partial charge >= 0.3 is 0 Å². The van der Waals surface area contributed by atoms with Crippen LogP contribution in [0.25, 0.3) is 11.3 Å². The summed E-state index contributed by atoms with van der Waals surface area (Å²) in [5, 5.41) is 14.0. The fourth-order valence-corrected chi connectivity index (χ4v) is 3.68. The van der Waals surface area contributed by atoms with E-state index in [0.29, 0.717) is 16.8 Å². The quantitative estimate of drug-likeness (QED) is 0.810. The van der Waals surface area contributed by atoms with Crippen LogP contribution in [0.2, 0.25) is 0 Å². The molecule has 0 aliphatic heterocycles. The van der Waals surface area contributed by atoms with Crippen LogP contribution in [0.3, 0.4) is 0 Å². The van der Waals surface area contributed by atoms with Crippen LogP contribution in [0.5, 0.6) is 0 Å². The predicted octanol–water partition coefficient (Wildman–Crippen LogP) is 3.55. The maximum Gasteiger partial charge on any atom is 0.272 e. The van der Waals surface area contributed by atoms with Gasteiger partial charge in [-0.05, 0) is 62.4 Å². The van der Waals surface area contributed by atoms with Gasteiger partial charge in [0.1, 0.15) is 5.82 Å². The highest BCUT2D eigenvalue weighted by atomic mass is 19.1. The maximum atomic E-state index is 14.4. The zero-order chi connectivity index (χ0) is 20.4. The highest BCUT2D eigenvalue weighted by Crippen LogP contribution is 2.26. The lowest BCUT2D eigenvalue weighted by Crippen LogP contribution is -2.36. The third kappa shape index (κ3) is 4.60. The summed E-state index contributed by atoms with van der Waals surface area (Å²) in [5.74, 6) is -0.995. The van der Waals surface area contributed by atoms with Gasteiger partial charge in [-0.2, -0.15) is 0 Å². The van der Waals surface area contributed by atoms with E-state index in [0.717, 1.165) is 38.5 Å². The van der Waals surface area contributed by atoms with Gasteiger partial charge in [0.2, 0.25) is 0 Å². The molecule has 2 amide bonds. The summed E-state index contributed by atoms with van der Waals surface area (Å²) >= 11 is 0. The fourth-order valence-electron chi connectivity index (χ4n) is 3.68. The summed E-state index contributed by atoms with van der Waals surface area (Å²) < 4.78 is 14.4. The maximum absolute atomic E-state index is 14.4. The van der Waals surface area contributed by atoms with Crippen LogP contribution in [-0.2, 0) is 0 Å². The average Bonchev–Trinajstić information content (AvgIpc) is 3.55. The number of carbonyl (C=O) groups is 2. The SMILES string of the molecule is Cc1c(F)cc(C(=O)NC2CC2)cc1-c1ccc(C(=O)NC2CCCCC2)nn1. The minimum atomic E-state index is -0.468. The number of benzene rings is 1. The Hall–Kier alpha value is -2.83. The van der Waals surface area contributed by atoms with Gasteiger partial charge in [0.15, 0.2) is 5.69 Å². The van der Waals surface area contributed by atoms with E-state index in [1.165, 1.54) is 12.5 Å². The van der Waals surface area contributed by atoms with Gasteiger partial charge in [-0.25, -0.2) is 4.39 Å². The van der Waals surface area contributed by atoms with E-state index >= 15 is 0 Å². The second-order valence-electron chi connectivity index (χ2n) is 7.99. The Bertz CT molecular complexity index is 919. The Kier molecular flexibility index (Phi) is 5.56. The number of halogens is 1. The predicted molar refractivity (Wildman–Crippen MR) is 107 cm³/mol. The van der Waals surface area contributed by atoms with Gasteiger partial charge in [0.25, 0.3) is 11.8 Å². The molecule has 29 heavy (non-hydrogen) atoms. The number of nitrogens with one attached hydrogen (secondary N) is 2. The average molecular weight is 396 g/mol. The summed E-state index contributed by atoms with van der Waals surface area (Å²) in [6.45, 7) is 1.64. The molecule has 0 unspecified atom stereocenters. The third-order valence-corrected chi connectivity index (χ3v) is 5.63. The number of hydrogen-bond acceptors (Lipinski definition) is 4. The van der Waals surface area contributed by atoms with Crippen LogP contribution >= 0.6 is 0 Å². The van der Waals surface area contributed by atoms with Crippen molar-refractivity contribution in [2.75, 3.05) is 0 Å². The Morgan fingerprint density at radius 1 is 0.931 bits per heavy atom. The highest BCUT2D eigenvalue weighted by Gasteiger charge is 2.25. The molecule has 4 rings (SSSR count). The van der Waals surface area contributed by atoms with E-state index in [9.17, 15) is 14.0 Å². The largest absolute Gasteiger partial charge is 0.349 e. The zero-order valence-corrected chi connectivity index (χ0v) is 16.5. The molecule has 2 aliphatic rings. The lowest BCUT2D eigenvalue weighted by molar-refractivity contribution is 0.0919. The molecular weight excluding hydrogens is 371 g/mol. The number of rotatable bonds is 5. The smallest absolute Gasteiger partial charge is 0.272 e. The van der Waals surface area contributed by atoms with Crippen molar-refractivity contribution in [1.82, 2.24) is 20.8 Å². The lowest BCUT2D eigenvalue weighted by Gasteiger charge is -2.22. The van der Waals surface area contributed by atoms with Gasteiger partial charge in [-0.15, -0.1) is 10.2 Å². The highest BCUT2D eigenvalue weighted by molar-refractivity contribution is 5.96. The Morgan fingerprint density at radius 2 is 1.62 bits per heavy atom. The van der Waals surface area contributed by atoms with Crippen LogP contribution in [0, 0.1) is 12.7 Å². The standard InChI is InChI=1S/C22H25FN4O2/c1-13-17(11-14(12-18(13)23)21(28)24-16-7-8-16)19-9-10-20(27-26-19)22(29)25-15-5-3-2-4-6-15/h9-12,15-16H,2-8H2,1H3,(H,24,28)(H,25,29). The van der Waals surface area contributed by atoms with Crippen LogP contribution in [0.1, 0.15) is 71.4 Å². The molecule has 2 aliphatic carbocycles. The third-order valence-electron chi connectivity index (χ3n) is 5.63. The first-order chi connectivity index (χ1) is 14.0. The van der Waals surface area contributed by atoms with Crippen molar-refractivity contribution in [2.24, 2.45) is 0 Å².